The van der Waals surface area contributed by atoms with Crippen molar-refractivity contribution in [1.82, 2.24) is 10.2 Å². The Morgan fingerprint density at radius 2 is 1.56 bits per heavy atom. The number of benzene rings is 3. The van der Waals surface area contributed by atoms with E-state index in [0.29, 0.717) is 22.0 Å². The molecule has 1 aliphatic carbocycles. The van der Waals surface area contributed by atoms with Crippen LogP contribution < -0.4 is 5.32 Å². The highest BCUT2D eigenvalue weighted by molar-refractivity contribution is 6.36. The van der Waals surface area contributed by atoms with Gasteiger partial charge in [-0.2, -0.15) is 0 Å². The summed E-state index contributed by atoms with van der Waals surface area (Å²) < 4.78 is 14.5. The Kier molecular flexibility index (Phi) is 9.00. The molecule has 0 bridgehead atoms. The van der Waals surface area contributed by atoms with Crippen molar-refractivity contribution >= 4 is 35.0 Å². The number of halogens is 3. The molecule has 2 amide bonds. The third-order valence-corrected chi connectivity index (χ3v) is 7.37. The van der Waals surface area contributed by atoms with Crippen LogP contribution >= 0.6 is 23.2 Å². The lowest BCUT2D eigenvalue weighted by Gasteiger charge is -2.33. The molecule has 0 aliphatic heterocycles. The van der Waals surface area contributed by atoms with E-state index in [1.54, 1.807) is 36.4 Å². The molecule has 4 rings (SSSR count). The van der Waals surface area contributed by atoms with Crippen LogP contribution in [0.4, 0.5) is 4.39 Å². The minimum absolute atomic E-state index is 0.0291. The van der Waals surface area contributed by atoms with Gasteiger partial charge in [-0.3, -0.25) is 9.59 Å². The van der Waals surface area contributed by atoms with Crippen molar-refractivity contribution in [1.29, 1.82) is 0 Å². The molecule has 4 nitrogen and oxygen atoms in total. The quantitative estimate of drug-likeness (QED) is 0.352. The second kappa shape index (κ2) is 12.4. The third kappa shape index (κ3) is 6.65. The van der Waals surface area contributed by atoms with Gasteiger partial charge in [0.05, 0.1) is 6.42 Å². The summed E-state index contributed by atoms with van der Waals surface area (Å²) >= 11 is 12.9. The van der Waals surface area contributed by atoms with Crippen molar-refractivity contribution in [2.75, 3.05) is 0 Å². The molecule has 1 aliphatic rings. The predicted octanol–water partition coefficient (Wildman–Crippen LogP) is 6.37. The zero-order chi connectivity index (χ0) is 25.5. The maximum atomic E-state index is 14.5. The van der Waals surface area contributed by atoms with Crippen molar-refractivity contribution in [3.05, 3.63) is 105 Å². The van der Waals surface area contributed by atoms with E-state index >= 15 is 0 Å². The Morgan fingerprint density at radius 3 is 2.22 bits per heavy atom. The summed E-state index contributed by atoms with van der Waals surface area (Å²) in [4.78, 5) is 28.9. The molecule has 3 aromatic carbocycles. The van der Waals surface area contributed by atoms with Crippen LogP contribution in [-0.2, 0) is 29.0 Å². The molecule has 188 valence electrons. The van der Waals surface area contributed by atoms with Crippen LogP contribution in [0.5, 0.6) is 0 Å². The van der Waals surface area contributed by atoms with E-state index in [0.717, 1.165) is 31.2 Å². The molecule has 0 heterocycles. The fourth-order valence-corrected chi connectivity index (χ4v) is 5.20. The molecule has 3 aromatic rings. The third-order valence-electron chi connectivity index (χ3n) is 6.66. The predicted molar refractivity (Wildman–Crippen MR) is 141 cm³/mol. The Balaban J connectivity index is 1.71. The number of nitrogens with one attached hydrogen (secondary N) is 1. The Labute approximate surface area is 221 Å². The van der Waals surface area contributed by atoms with Gasteiger partial charge in [-0.05, 0) is 42.2 Å². The van der Waals surface area contributed by atoms with Gasteiger partial charge in [-0.25, -0.2) is 4.39 Å². The number of hydrogen-bond acceptors (Lipinski definition) is 2. The first-order valence-electron chi connectivity index (χ1n) is 12.2. The fraction of sp³-hybridized carbons (Fsp3) is 0.310. The van der Waals surface area contributed by atoms with Gasteiger partial charge >= 0.3 is 0 Å². The lowest BCUT2D eigenvalue weighted by molar-refractivity contribution is -0.141. The van der Waals surface area contributed by atoms with Crippen LogP contribution in [-0.4, -0.2) is 28.8 Å². The van der Waals surface area contributed by atoms with Gasteiger partial charge in [0.25, 0.3) is 0 Å². The Morgan fingerprint density at radius 1 is 0.917 bits per heavy atom. The van der Waals surface area contributed by atoms with Crippen LogP contribution in [0.2, 0.25) is 10.0 Å². The normalized spacial score (nSPS) is 14.4. The molecule has 1 unspecified atom stereocenters. The Hall–Kier alpha value is -2.89. The van der Waals surface area contributed by atoms with E-state index in [9.17, 15) is 14.0 Å². The first-order chi connectivity index (χ1) is 17.4. The molecule has 0 saturated heterocycles. The molecule has 1 atom stereocenters. The van der Waals surface area contributed by atoms with Crippen molar-refractivity contribution < 1.29 is 14.0 Å². The lowest BCUT2D eigenvalue weighted by Crippen LogP contribution is -2.52. The summed E-state index contributed by atoms with van der Waals surface area (Å²) in [6, 6.07) is 20.1. The number of nitrogens with zero attached hydrogens (tertiary/aromatic N) is 1. The highest BCUT2D eigenvalue weighted by Gasteiger charge is 2.33. The van der Waals surface area contributed by atoms with E-state index in [2.05, 4.69) is 5.32 Å². The van der Waals surface area contributed by atoms with Crippen LogP contribution in [0, 0.1) is 5.82 Å². The zero-order valence-corrected chi connectivity index (χ0v) is 21.4. The number of amides is 2. The van der Waals surface area contributed by atoms with Gasteiger partial charge in [0.1, 0.15) is 11.9 Å². The van der Waals surface area contributed by atoms with Gasteiger partial charge in [0.2, 0.25) is 11.8 Å². The summed E-state index contributed by atoms with van der Waals surface area (Å²) in [6.45, 7) is 0.0291. The summed E-state index contributed by atoms with van der Waals surface area (Å²) in [5.74, 6) is -1.06. The van der Waals surface area contributed by atoms with E-state index in [1.807, 2.05) is 30.3 Å². The number of carbonyl (C=O) groups is 2. The zero-order valence-electron chi connectivity index (χ0n) is 19.9. The van der Waals surface area contributed by atoms with Gasteiger partial charge in [-0.1, -0.05) is 90.6 Å². The molecule has 1 fully saturated rings. The van der Waals surface area contributed by atoms with Gasteiger partial charge in [0.15, 0.2) is 0 Å². The van der Waals surface area contributed by atoms with Gasteiger partial charge in [-0.15, -0.1) is 0 Å². The summed E-state index contributed by atoms with van der Waals surface area (Å²) in [6.07, 6.45) is 4.10. The van der Waals surface area contributed by atoms with Crippen molar-refractivity contribution in [2.45, 2.75) is 57.2 Å². The molecule has 1 N–H and O–H groups in total. The van der Waals surface area contributed by atoms with Crippen molar-refractivity contribution in [3.63, 3.8) is 0 Å². The van der Waals surface area contributed by atoms with Crippen LogP contribution in [0.1, 0.15) is 42.4 Å². The molecular formula is C29H29Cl2FN2O2. The average Bonchev–Trinajstić information content (AvgIpc) is 3.38. The molecule has 7 heteroatoms. The molecule has 0 radical (unpaired) electrons. The highest BCUT2D eigenvalue weighted by Crippen LogP contribution is 2.28. The maximum absolute atomic E-state index is 14.5. The minimum atomic E-state index is -0.820. The number of carbonyl (C=O) groups excluding carboxylic acids is 2. The standard InChI is InChI=1S/C29H29Cl2FN2O2/c30-24-14-8-15-25(31)23(24)19-34(28(35)18-21-11-4-7-16-26(21)32)27(17-20-9-2-1-3-10-20)29(36)33-22-12-5-6-13-22/h1-4,7-11,14-16,22,27H,5-6,12-13,17-19H2,(H,33,36). The van der Waals surface area contributed by atoms with Gasteiger partial charge < -0.3 is 10.2 Å². The Bertz CT molecular complexity index is 1180. The van der Waals surface area contributed by atoms with Crippen LogP contribution in [0.15, 0.2) is 72.8 Å². The number of rotatable bonds is 9. The smallest absolute Gasteiger partial charge is 0.243 e. The van der Waals surface area contributed by atoms with Crippen molar-refractivity contribution in [2.24, 2.45) is 0 Å². The molecule has 0 spiro atoms. The van der Waals surface area contributed by atoms with Crippen LogP contribution in [0.25, 0.3) is 0 Å². The highest BCUT2D eigenvalue weighted by atomic mass is 35.5. The lowest BCUT2D eigenvalue weighted by atomic mass is 10.0. The topological polar surface area (TPSA) is 49.4 Å². The molecule has 0 aromatic heterocycles. The summed E-state index contributed by atoms with van der Waals surface area (Å²) in [5.41, 5.74) is 1.74. The first kappa shape index (κ1) is 26.2. The summed E-state index contributed by atoms with van der Waals surface area (Å²) in [5, 5.41) is 3.96. The maximum Gasteiger partial charge on any atom is 0.243 e. The molecule has 1 saturated carbocycles. The van der Waals surface area contributed by atoms with E-state index in [-0.39, 0.29) is 36.4 Å². The van der Waals surface area contributed by atoms with Crippen molar-refractivity contribution in [3.8, 4) is 0 Å². The van der Waals surface area contributed by atoms with E-state index < -0.39 is 11.9 Å². The van der Waals surface area contributed by atoms with Crippen LogP contribution in [0.3, 0.4) is 0 Å². The van der Waals surface area contributed by atoms with Gasteiger partial charge in [0, 0.05) is 34.6 Å². The van der Waals surface area contributed by atoms with E-state index in [1.165, 1.54) is 11.0 Å². The minimum Gasteiger partial charge on any atom is -0.352 e. The van der Waals surface area contributed by atoms with E-state index in [4.69, 9.17) is 23.2 Å². The largest absolute Gasteiger partial charge is 0.352 e. The fourth-order valence-electron chi connectivity index (χ4n) is 4.68. The number of hydrogen-bond donors (Lipinski definition) is 1. The second-order valence-corrected chi connectivity index (χ2v) is 10.00. The monoisotopic (exact) mass is 526 g/mol. The second-order valence-electron chi connectivity index (χ2n) is 9.19. The molecular weight excluding hydrogens is 498 g/mol. The first-order valence-corrected chi connectivity index (χ1v) is 13.0. The SMILES string of the molecule is O=C(NC1CCCC1)C(Cc1ccccc1)N(Cc1c(Cl)cccc1Cl)C(=O)Cc1ccccc1F. The average molecular weight is 527 g/mol. The molecule has 36 heavy (non-hydrogen) atoms. The summed E-state index contributed by atoms with van der Waals surface area (Å²) in [7, 11) is 0.